The van der Waals surface area contributed by atoms with Crippen LogP contribution in [0.25, 0.3) is 0 Å². The Morgan fingerprint density at radius 1 is 0.933 bits per heavy atom. The molecule has 0 bridgehead atoms. The lowest BCUT2D eigenvalue weighted by Crippen LogP contribution is -2.42. The topological polar surface area (TPSA) is 69.7 Å². The predicted octanol–water partition coefficient (Wildman–Crippen LogP) is 4.05. The maximum atomic E-state index is 13.0. The van der Waals surface area contributed by atoms with Gasteiger partial charge in [0, 0.05) is 24.1 Å². The van der Waals surface area contributed by atoms with Crippen LogP contribution in [0, 0.1) is 0 Å². The maximum absolute atomic E-state index is 13.0. The highest BCUT2D eigenvalue weighted by Crippen LogP contribution is 2.25. The van der Waals surface area contributed by atoms with Crippen LogP contribution in [-0.4, -0.2) is 32.7 Å². The van der Waals surface area contributed by atoms with Crippen LogP contribution in [0.2, 0.25) is 0 Å². The van der Waals surface area contributed by atoms with E-state index < -0.39 is 15.9 Å². The minimum absolute atomic E-state index is 0.0365. The van der Waals surface area contributed by atoms with Crippen molar-refractivity contribution in [1.82, 2.24) is 9.73 Å². The van der Waals surface area contributed by atoms with Gasteiger partial charge in [0.25, 0.3) is 5.91 Å². The minimum atomic E-state index is -3.70. The van der Waals surface area contributed by atoms with Crippen molar-refractivity contribution in [3.63, 3.8) is 0 Å². The molecule has 0 spiro atoms. The fraction of sp³-hybridized carbons (Fsp3) is 0.136. The fourth-order valence-corrected chi connectivity index (χ4v) is 4.64. The van der Waals surface area contributed by atoms with Gasteiger partial charge in [-0.15, -0.1) is 0 Å². The van der Waals surface area contributed by atoms with E-state index >= 15 is 0 Å². The second kappa shape index (κ2) is 9.42. The van der Waals surface area contributed by atoms with Crippen LogP contribution in [0.4, 0.5) is 5.69 Å². The molecule has 3 aromatic rings. The number of carbonyl (C=O) groups is 1. The molecule has 0 aliphatic rings. The highest BCUT2D eigenvalue weighted by atomic mass is 79.9. The molecule has 3 rings (SSSR count). The summed E-state index contributed by atoms with van der Waals surface area (Å²) in [7, 11) is -0.800. The third kappa shape index (κ3) is 5.08. The van der Waals surface area contributed by atoms with Crippen LogP contribution in [0.15, 0.2) is 88.2 Å². The molecule has 0 unspecified atom stereocenters. The number of carbonyl (C=O) groups excluding carboxylic acids is 1. The van der Waals surface area contributed by atoms with Crippen LogP contribution in [0.1, 0.15) is 15.9 Å². The Morgan fingerprint density at radius 2 is 1.53 bits per heavy atom. The van der Waals surface area contributed by atoms with Crippen LogP contribution in [-0.2, 0) is 16.6 Å². The number of halogens is 1. The molecule has 0 saturated carbocycles. The highest BCUT2D eigenvalue weighted by Gasteiger charge is 2.23. The molecule has 0 fully saturated rings. The van der Waals surface area contributed by atoms with Crippen molar-refractivity contribution in [2.45, 2.75) is 11.4 Å². The molecule has 1 N–H and O–H groups in total. The van der Waals surface area contributed by atoms with E-state index in [-0.39, 0.29) is 10.5 Å². The van der Waals surface area contributed by atoms with Crippen molar-refractivity contribution in [2.24, 2.45) is 0 Å². The third-order valence-corrected chi connectivity index (χ3v) is 7.25. The molecule has 3 aromatic carbocycles. The molecule has 8 heteroatoms. The van der Waals surface area contributed by atoms with E-state index in [0.29, 0.717) is 11.0 Å². The van der Waals surface area contributed by atoms with Crippen molar-refractivity contribution in [3.8, 4) is 0 Å². The van der Waals surface area contributed by atoms with Gasteiger partial charge in [-0.1, -0.05) is 48.5 Å². The number of hydrogen-bond donors (Lipinski definition) is 1. The Labute approximate surface area is 185 Å². The van der Waals surface area contributed by atoms with Crippen molar-refractivity contribution in [3.05, 3.63) is 94.5 Å². The number of rotatable bonds is 7. The monoisotopic (exact) mass is 487 g/mol. The van der Waals surface area contributed by atoms with Crippen molar-refractivity contribution in [2.75, 3.05) is 19.1 Å². The number of hydrazine groups is 1. The molecule has 0 atom stereocenters. The van der Waals surface area contributed by atoms with Gasteiger partial charge in [0.2, 0.25) is 10.0 Å². The molecule has 0 aliphatic heterocycles. The lowest BCUT2D eigenvalue weighted by Gasteiger charge is -2.26. The summed E-state index contributed by atoms with van der Waals surface area (Å²) in [5, 5.41) is 1.74. The average Bonchev–Trinajstić information content (AvgIpc) is 2.74. The van der Waals surface area contributed by atoms with Crippen molar-refractivity contribution in [1.29, 1.82) is 0 Å². The Morgan fingerprint density at radius 3 is 2.13 bits per heavy atom. The van der Waals surface area contributed by atoms with Crippen molar-refractivity contribution >= 4 is 37.5 Å². The normalized spacial score (nSPS) is 11.3. The zero-order valence-electron chi connectivity index (χ0n) is 16.6. The van der Waals surface area contributed by atoms with Gasteiger partial charge in [0.15, 0.2) is 0 Å². The summed E-state index contributed by atoms with van der Waals surface area (Å²) in [6, 6.07) is 23.8. The number of para-hydroxylation sites is 1. The van der Waals surface area contributed by atoms with E-state index in [1.54, 1.807) is 17.1 Å². The molecular formula is C22H22BrN3O3S. The quantitative estimate of drug-likeness (QED) is 0.510. The second-order valence-electron chi connectivity index (χ2n) is 6.78. The van der Waals surface area contributed by atoms with E-state index in [1.807, 2.05) is 60.7 Å². The van der Waals surface area contributed by atoms with Gasteiger partial charge in [-0.3, -0.25) is 15.2 Å². The number of benzene rings is 3. The van der Waals surface area contributed by atoms with E-state index in [1.165, 1.54) is 20.2 Å². The van der Waals surface area contributed by atoms with Gasteiger partial charge < -0.3 is 0 Å². The number of nitrogens with zero attached hydrogens (tertiary/aromatic N) is 2. The summed E-state index contributed by atoms with van der Waals surface area (Å²) >= 11 is 3.27. The molecule has 156 valence electrons. The molecule has 6 nitrogen and oxygen atoms in total. The predicted molar refractivity (Wildman–Crippen MR) is 122 cm³/mol. The Bertz CT molecular complexity index is 1120. The van der Waals surface area contributed by atoms with E-state index in [9.17, 15) is 13.2 Å². The van der Waals surface area contributed by atoms with Crippen LogP contribution in [0.3, 0.4) is 0 Å². The maximum Gasteiger partial charge on any atom is 0.269 e. The summed E-state index contributed by atoms with van der Waals surface area (Å²) in [6.45, 7) is 0.454. The summed E-state index contributed by atoms with van der Waals surface area (Å²) in [6.07, 6.45) is 0. The molecular weight excluding hydrogens is 466 g/mol. The highest BCUT2D eigenvalue weighted by molar-refractivity contribution is 9.10. The number of anilines is 1. The standard InChI is InChI=1S/C22H22BrN3O3S/c1-25(2)30(28,29)21-15-18(13-14-20(21)23)22(27)24-26(19-11-7-4-8-12-19)16-17-9-5-3-6-10-17/h3-15H,16H2,1-2H3,(H,24,27). The molecule has 0 aliphatic carbocycles. The first-order chi connectivity index (χ1) is 14.3. The van der Waals surface area contributed by atoms with E-state index in [4.69, 9.17) is 0 Å². The number of hydrogen-bond acceptors (Lipinski definition) is 4. The van der Waals surface area contributed by atoms with Crippen LogP contribution in [0.5, 0.6) is 0 Å². The first-order valence-electron chi connectivity index (χ1n) is 9.18. The summed E-state index contributed by atoms with van der Waals surface area (Å²) in [4.78, 5) is 13.0. The number of nitrogens with one attached hydrogen (secondary N) is 1. The summed E-state index contributed by atoms with van der Waals surface area (Å²) in [5.74, 6) is -0.405. The van der Waals surface area contributed by atoms with E-state index in [0.717, 1.165) is 15.6 Å². The summed E-state index contributed by atoms with van der Waals surface area (Å²) < 4.78 is 26.6. The first-order valence-corrected chi connectivity index (χ1v) is 11.4. The zero-order valence-corrected chi connectivity index (χ0v) is 19.0. The van der Waals surface area contributed by atoms with E-state index in [2.05, 4.69) is 21.4 Å². The Balaban J connectivity index is 1.91. The Kier molecular flexibility index (Phi) is 6.91. The van der Waals surface area contributed by atoms with Crippen LogP contribution < -0.4 is 10.4 Å². The van der Waals surface area contributed by atoms with Gasteiger partial charge in [-0.2, -0.15) is 0 Å². The molecule has 0 heterocycles. The Hall–Kier alpha value is -2.68. The molecule has 30 heavy (non-hydrogen) atoms. The third-order valence-electron chi connectivity index (χ3n) is 4.44. The number of amides is 1. The van der Waals surface area contributed by atoms with Gasteiger partial charge in [-0.25, -0.2) is 12.7 Å². The largest absolute Gasteiger partial charge is 0.281 e. The zero-order chi connectivity index (χ0) is 21.7. The molecule has 0 saturated heterocycles. The number of sulfonamides is 1. The first kappa shape index (κ1) is 22.0. The van der Waals surface area contributed by atoms with Gasteiger partial charge in [0.1, 0.15) is 0 Å². The minimum Gasteiger partial charge on any atom is -0.281 e. The smallest absolute Gasteiger partial charge is 0.269 e. The average molecular weight is 488 g/mol. The lowest BCUT2D eigenvalue weighted by molar-refractivity contribution is 0.0948. The van der Waals surface area contributed by atoms with Gasteiger partial charge in [-0.05, 0) is 51.8 Å². The molecule has 1 amide bonds. The van der Waals surface area contributed by atoms with Crippen molar-refractivity contribution < 1.29 is 13.2 Å². The van der Waals surface area contributed by atoms with Crippen LogP contribution >= 0.6 is 15.9 Å². The lowest BCUT2D eigenvalue weighted by atomic mass is 10.2. The fourth-order valence-electron chi connectivity index (χ4n) is 2.80. The van der Waals surface area contributed by atoms with Gasteiger partial charge >= 0.3 is 0 Å². The second-order valence-corrected chi connectivity index (χ2v) is 9.76. The van der Waals surface area contributed by atoms with Gasteiger partial charge in [0.05, 0.1) is 17.1 Å². The SMILES string of the molecule is CN(C)S(=O)(=O)c1cc(C(=O)NN(Cc2ccccc2)c2ccccc2)ccc1Br. The summed E-state index contributed by atoms with van der Waals surface area (Å²) in [5.41, 5.74) is 4.97. The molecule has 0 aromatic heterocycles. The molecule has 0 radical (unpaired) electrons.